The largest absolute Gasteiger partial charge is 0.269 e. The predicted molar refractivity (Wildman–Crippen MR) is 78.6 cm³/mol. The van der Waals surface area contributed by atoms with Gasteiger partial charge in [-0.3, -0.25) is 4.79 Å². The smallest absolute Gasteiger partial charge is 0.259 e. The normalized spacial score (nSPS) is 18.2. The number of benzene rings is 1. The highest BCUT2D eigenvalue weighted by atomic mass is 32.2. The molecule has 0 aromatic heterocycles. The van der Waals surface area contributed by atoms with Gasteiger partial charge in [0, 0.05) is 12.6 Å². The third kappa shape index (κ3) is 3.70. The van der Waals surface area contributed by atoms with Gasteiger partial charge in [-0.25, -0.2) is 12.7 Å². The van der Waals surface area contributed by atoms with Gasteiger partial charge in [0.2, 0.25) is 10.0 Å². The number of nitrogens with zero attached hydrogens (tertiary/aromatic N) is 1. The second kappa shape index (κ2) is 6.22. The Morgan fingerprint density at radius 1 is 1.30 bits per heavy atom. The first-order valence-corrected chi connectivity index (χ1v) is 8.35. The Hall–Kier alpha value is -1.62. The molecule has 0 saturated carbocycles. The first-order chi connectivity index (χ1) is 9.49. The zero-order valence-electron chi connectivity index (χ0n) is 11.6. The van der Waals surface area contributed by atoms with Crippen molar-refractivity contribution in [2.45, 2.75) is 26.2 Å². The number of amides is 1. The van der Waals surface area contributed by atoms with Crippen LogP contribution in [0.1, 0.15) is 25.3 Å². The van der Waals surface area contributed by atoms with Crippen LogP contribution < -0.4 is 0 Å². The molecule has 0 bridgehead atoms. The van der Waals surface area contributed by atoms with E-state index < -0.39 is 15.9 Å². The number of hydrogen-bond donors (Lipinski definition) is 0. The van der Waals surface area contributed by atoms with Crippen LogP contribution in [0.3, 0.4) is 0 Å². The van der Waals surface area contributed by atoms with Gasteiger partial charge in [0.1, 0.15) is 0 Å². The van der Waals surface area contributed by atoms with Crippen LogP contribution in [0.2, 0.25) is 0 Å². The van der Waals surface area contributed by atoms with Gasteiger partial charge >= 0.3 is 0 Å². The number of aryl methyl sites for hydroxylation is 1. The van der Waals surface area contributed by atoms with E-state index in [1.807, 2.05) is 37.3 Å². The van der Waals surface area contributed by atoms with Crippen LogP contribution in [0, 0.1) is 0 Å². The summed E-state index contributed by atoms with van der Waals surface area (Å²) in [4.78, 5) is 12.0. The molecule has 0 spiro atoms. The molecular weight excluding hydrogens is 274 g/mol. The van der Waals surface area contributed by atoms with Crippen molar-refractivity contribution in [3.8, 4) is 0 Å². The molecule has 1 fully saturated rings. The second-order valence-electron chi connectivity index (χ2n) is 5.06. The van der Waals surface area contributed by atoms with Gasteiger partial charge in [-0.15, -0.1) is 0 Å². The van der Waals surface area contributed by atoms with E-state index in [0.717, 1.165) is 22.7 Å². The Bertz CT molecular complexity index is 605. The molecule has 5 heteroatoms. The molecule has 1 aromatic carbocycles. The van der Waals surface area contributed by atoms with Crippen molar-refractivity contribution in [1.82, 2.24) is 4.31 Å². The Morgan fingerprint density at radius 2 is 2.00 bits per heavy atom. The van der Waals surface area contributed by atoms with Crippen molar-refractivity contribution in [2.75, 3.05) is 12.3 Å². The average Bonchev–Trinajstić information content (AvgIpc) is 2.77. The molecule has 1 saturated heterocycles. The summed E-state index contributed by atoms with van der Waals surface area (Å²) in [6, 6.07) is 10.0. The summed E-state index contributed by atoms with van der Waals surface area (Å²) in [6.45, 7) is 2.17. The summed E-state index contributed by atoms with van der Waals surface area (Å²) in [6.07, 6.45) is 3.59. The summed E-state index contributed by atoms with van der Waals surface area (Å²) in [5.41, 5.74) is 2.11. The molecule has 1 heterocycles. The molecule has 0 unspecified atom stereocenters. The summed E-state index contributed by atoms with van der Waals surface area (Å²) >= 11 is 0. The van der Waals surface area contributed by atoms with Gasteiger partial charge in [0.25, 0.3) is 5.91 Å². The van der Waals surface area contributed by atoms with Crippen LogP contribution in [0.5, 0.6) is 0 Å². The lowest BCUT2D eigenvalue weighted by molar-refractivity contribution is -0.121. The third-order valence-corrected chi connectivity index (χ3v) is 5.20. The minimum absolute atomic E-state index is 0.0790. The van der Waals surface area contributed by atoms with E-state index in [-0.39, 0.29) is 5.75 Å². The number of rotatable bonds is 4. The minimum Gasteiger partial charge on any atom is -0.269 e. The van der Waals surface area contributed by atoms with E-state index >= 15 is 0 Å². The van der Waals surface area contributed by atoms with Gasteiger partial charge < -0.3 is 0 Å². The fourth-order valence-corrected chi connectivity index (χ4v) is 3.68. The maximum atomic E-state index is 12.0. The SMILES string of the molecule is C/C(=C\C(=O)N1CCCS1(=O)=O)CCc1ccccc1. The first-order valence-electron chi connectivity index (χ1n) is 6.74. The molecule has 4 nitrogen and oxygen atoms in total. The van der Waals surface area contributed by atoms with Crippen molar-refractivity contribution in [3.05, 3.63) is 47.5 Å². The van der Waals surface area contributed by atoms with Crippen molar-refractivity contribution < 1.29 is 13.2 Å². The molecule has 1 aliphatic heterocycles. The zero-order chi connectivity index (χ0) is 14.6. The van der Waals surface area contributed by atoms with Crippen molar-refractivity contribution in [3.63, 3.8) is 0 Å². The molecule has 20 heavy (non-hydrogen) atoms. The summed E-state index contributed by atoms with van der Waals surface area (Å²) in [7, 11) is -3.36. The van der Waals surface area contributed by atoms with Crippen LogP contribution in [0.15, 0.2) is 42.0 Å². The van der Waals surface area contributed by atoms with Crippen LogP contribution in [-0.4, -0.2) is 30.9 Å². The highest BCUT2D eigenvalue weighted by Crippen LogP contribution is 2.15. The number of carbonyl (C=O) groups excluding carboxylic acids is 1. The number of sulfonamides is 1. The predicted octanol–water partition coefficient (Wildman–Crippen LogP) is 2.13. The van der Waals surface area contributed by atoms with Crippen LogP contribution in [0.4, 0.5) is 0 Å². The van der Waals surface area contributed by atoms with Crippen molar-refractivity contribution >= 4 is 15.9 Å². The van der Waals surface area contributed by atoms with Crippen LogP contribution >= 0.6 is 0 Å². The van der Waals surface area contributed by atoms with Gasteiger partial charge in [0.15, 0.2) is 0 Å². The maximum Gasteiger partial charge on any atom is 0.259 e. The molecule has 1 amide bonds. The van der Waals surface area contributed by atoms with Crippen molar-refractivity contribution in [2.24, 2.45) is 0 Å². The van der Waals surface area contributed by atoms with Gasteiger partial charge in [0.05, 0.1) is 5.75 Å². The second-order valence-corrected chi connectivity index (χ2v) is 7.07. The lowest BCUT2D eigenvalue weighted by Crippen LogP contribution is -2.31. The molecule has 0 N–H and O–H groups in total. The molecule has 2 rings (SSSR count). The van der Waals surface area contributed by atoms with Gasteiger partial charge in [-0.2, -0.15) is 0 Å². The first kappa shape index (κ1) is 14.8. The highest BCUT2D eigenvalue weighted by Gasteiger charge is 2.31. The Kier molecular flexibility index (Phi) is 4.60. The Labute approximate surface area is 120 Å². The number of hydrogen-bond acceptors (Lipinski definition) is 3. The molecule has 0 atom stereocenters. The van der Waals surface area contributed by atoms with E-state index in [0.29, 0.717) is 13.0 Å². The van der Waals surface area contributed by atoms with E-state index in [9.17, 15) is 13.2 Å². The number of carbonyl (C=O) groups is 1. The van der Waals surface area contributed by atoms with E-state index in [2.05, 4.69) is 0 Å². The van der Waals surface area contributed by atoms with Crippen LogP contribution in [0.25, 0.3) is 0 Å². The topological polar surface area (TPSA) is 54.5 Å². The molecule has 108 valence electrons. The average molecular weight is 293 g/mol. The van der Waals surface area contributed by atoms with E-state index in [1.54, 1.807) is 0 Å². The molecule has 1 aromatic rings. The summed E-state index contributed by atoms with van der Waals surface area (Å²) < 4.78 is 24.3. The van der Waals surface area contributed by atoms with E-state index in [1.165, 1.54) is 11.6 Å². The quantitative estimate of drug-likeness (QED) is 0.799. The lowest BCUT2D eigenvalue weighted by Gasteiger charge is -2.12. The molecule has 1 aliphatic rings. The fourth-order valence-electron chi connectivity index (χ4n) is 2.23. The monoisotopic (exact) mass is 293 g/mol. The molecule has 0 radical (unpaired) electrons. The Morgan fingerprint density at radius 3 is 2.60 bits per heavy atom. The van der Waals surface area contributed by atoms with Crippen LogP contribution in [-0.2, 0) is 21.2 Å². The minimum atomic E-state index is -3.36. The molecular formula is C15H19NO3S. The summed E-state index contributed by atoms with van der Waals surface area (Å²) in [5.74, 6) is -0.330. The van der Waals surface area contributed by atoms with Crippen molar-refractivity contribution in [1.29, 1.82) is 0 Å². The highest BCUT2D eigenvalue weighted by molar-refractivity contribution is 7.89. The summed E-state index contributed by atoms with van der Waals surface area (Å²) in [5, 5.41) is 0. The zero-order valence-corrected chi connectivity index (χ0v) is 12.4. The third-order valence-electron chi connectivity index (χ3n) is 3.37. The molecule has 0 aliphatic carbocycles. The van der Waals surface area contributed by atoms with Gasteiger partial charge in [-0.1, -0.05) is 35.9 Å². The van der Waals surface area contributed by atoms with Gasteiger partial charge in [-0.05, 0) is 31.7 Å². The maximum absolute atomic E-state index is 12.0. The standard InChI is InChI=1S/C15H19NO3S/c1-13(8-9-14-6-3-2-4-7-14)12-15(17)16-10-5-11-20(16,18)19/h2-4,6-7,12H,5,8-11H2,1H3/b13-12+. The number of allylic oxidation sites excluding steroid dienone is 1. The lowest BCUT2D eigenvalue weighted by atomic mass is 10.1. The fraction of sp³-hybridized carbons (Fsp3) is 0.400. The Balaban J connectivity index is 1.95. The van der Waals surface area contributed by atoms with E-state index in [4.69, 9.17) is 0 Å².